The minimum Gasteiger partial charge on any atom is -0.383 e. The molecule has 2 rings (SSSR count). The van der Waals surface area contributed by atoms with Gasteiger partial charge in [-0.2, -0.15) is 0 Å². The highest BCUT2D eigenvalue weighted by Gasteiger charge is 2.17. The molecule has 1 aromatic carbocycles. The summed E-state index contributed by atoms with van der Waals surface area (Å²) in [5.41, 5.74) is 7.48. The van der Waals surface area contributed by atoms with Gasteiger partial charge in [0.15, 0.2) is 0 Å². The number of allylic oxidation sites excluding steroid dienone is 1. The number of nitrogens with two attached hydrogens (primary N) is 1. The number of halogens is 1. The number of benzene rings is 1. The van der Waals surface area contributed by atoms with Crippen molar-refractivity contribution in [1.82, 2.24) is 14.9 Å². The smallest absolute Gasteiger partial charge is 0.383 e. The highest BCUT2D eigenvalue weighted by atomic mass is 79.9. The molecule has 1 heterocycles. The molecule has 1 aromatic heterocycles. The van der Waals surface area contributed by atoms with Crippen LogP contribution >= 0.6 is 35.1 Å². The second-order valence-electron chi connectivity index (χ2n) is 6.58. The van der Waals surface area contributed by atoms with E-state index in [2.05, 4.69) is 30.4 Å². The molecule has 2 aromatic rings. The number of thiol groups is 1. The normalized spacial score (nSPS) is 13.2. The van der Waals surface area contributed by atoms with Crippen molar-refractivity contribution in [3.05, 3.63) is 62.5 Å². The van der Waals surface area contributed by atoms with E-state index < -0.39 is 7.82 Å². The molecule has 0 radical (unpaired) electrons. The van der Waals surface area contributed by atoms with Crippen LogP contribution in [0.4, 0.5) is 5.82 Å². The minimum atomic E-state index is -4.67. The molecule has 0 aliphatic rings. The van der Waals surface area contributed by atoms with E-state index in [1.54, 1.807) is 38.1 Å². The topological polar surface area (TPSA) is 159 Å². The summed E-state index contributed by atoms with van der Waals surface area (Å²) in [6, 6.07) is 7.05. The lowest BCUT2D eigenvalue weighted by Crippen LogP contribution is -2.22. The molecule has 0 saturated carbocycles. The van der Waals surface area contributed by atoms with Gasteiger partial charge in [0.05, 0.1) is 13.2 Å². The maximum atomic E-state index is 11.9. The van der Waals surface area contributed by atoms with Crippen LogP contribution < -0.4 is 5.73 Å². The molecule has 0 atom stereocenters. The number of phosphoric ester groups is 1. The number of aliphatic hydroxyl groups excluding tert-OH is 1. The van der Waals surface area contributed by atoms with Gasteiger partial charge in [0, 0.05) is 38.8 Å². The van der Waals surface area contributed by atoms with Crippen LogP contribution in [0.1, 0.15) is 30.3 Å². The molecule has 174 valence electrons. The Kier molecular flexibility index (Phi) is 9.71. The highest BCUT2D eigenvalue weighted by Crippen LogP contribution is 2.37. The SMILES string of the molecule is C/C(=C(CCOP(=O)(O)O)/[SH]=C(\O)c1ccccc1Br)N(C=O)Cc1cnc(C)nc1N. The maximum absolute atomic E-state index is 11.9. The number of rotatable bonds is 10. The number of hydrogen-bond donors (Lipinski definition) is 5. The van der Waals surface area contributed by atoms with E-state index in [0.717, 1.165) is 0 Å². The van der Waals surface area contributed by atoms with Crippen LogP contribution in [0.2, 0.25) is 0 Å². The lowest BCUT2D eigenvalue weighted by Gasteiger charge is -2.22. The summed E-state index contributed by atoms with van der Waals surface area (Å²) in [6.45, 7) is 3.12. The van der Waals surface area contributed by atoms with E-state index in [9.17, 15) is 14.5 Å². The van der Waals surface area contributed by atoms with Gasteiger partial charge in [-0.05, 0) is 19.9 Å². The Labute approximate surface area is 197 Å². The van der Waals surface area contributed by atoms with E-state index in [1.165, 1.54) is 11.1 Å². The Bertz CT molecular complexity index is 1090. The Hall–Kier alpha value is -1.92. The number of nitrogen functional groups attached to an aromatic ring is 1. The molecule has 0 fully saturated rings. The van der Waals surface area contributed by atoms with Gasteiger partial charge >= 0.3 is 7.82 Å². The number of carbonyl (C=O) groups is 1. The van der Waals surface area contributed by atoms with Gasteiger partial charge in [-0.15, -0.1) is 11.4 Å². The average Bonchev–Trinajstić information content (AvgIpc) is 2.71. The molecular formula is C19H24BrN4O6PS. The maximum Gasteiger partial charge on any atom is 0.469 e. The molecule has 32 heavy (non-hydrogen) atoms. The van der Waals surface area contributed by atoms with Crippen LogP contribution in [0.5, 0.6) is 0 Å². The predicted octanol–water partition coefficient (Wildman–Crippen LogP) is 3.02. The molecule has 0 aliphatic heterocycles. The van der Waals surface area contributed by atoms with Gasteiger partial charge in [-0.25, -0.2) is 14.5 Å². The molecule has 5 N–H and O–H groups in total. The van der Waals surface area contributed by atoms with Crippen molar-refractivity contribution in [3.8, 4) is 0 Å². The highest BCUT2D eigenvalue weighted by molar-refractivity contribution is 9.10. The quantitative estimate of drug-likeness (QED) is 0.130. The third-order valence-electron chi connectivity index (χ3n) is 4.29. The van der Waals surface area contributed by atoms with Crippen molar-refractivity contribution >= 4 is 52.4 Å². The van der Waals surface area contributed by atoms with Crippen molar-refractivity contribution in [2.45, 2.75) is 26.8 Å². The number of nitrogens with zero attached hydrogens (tertiary/aromatic N) is 3. The fraction of sp³-hybridized carbons (Fsp3) is 0.263. The van der Waals surface area contributed by atoms with Gasteiger partial charge in [0.25, 0.3) is 0 Å². The predicted molar refractivity (Wildman–Crippen MR) is 128 cm³/mol. The zero-order valence-electron chi connectivity index (χ0n) is 17.3. The number of phosphoric acid groups is 1. The van der Waals surface area contributed by atoms with Gasteiger partial charge in [-0.1, -0.05) is 34.1 Å². The fourth-order valence-corrected chi connectivity index (χ4v) is 4.65. The lowest BCUT2D eigenvalue weighted by molar-refractivity contribution is -0.116. The zero-order valence-corrected chi connectivity index (χ0v) is 20.7. The molecular weight excluding hydrogens is 523 g/mol. The van der Waals surface area contributed by atoms with Crippen LogP contribution in [0.3, 0.4) is 0 Å². The molecule has 0 aliphatic carbocycles. The van der Waals surface area contributed by atoms with Gasteiger partial charge in [0.1, 0.15) is 16.7 Å². The van der Waals surface area contributed by atoms with Gasteiger partial charge in [-0.3, -0.25) is 9.32 Å². The van der Waals surface area contributed by atoms with Crippen LogP contribution in [-0.2, 0) is 20.4 Å². The monoisotopic (exact) mass is 546 g/mol. The first kappa shape index (κ1) is 26.3. The van der Waals surface area contributed by atoms with Crippen molar-refractivity contribution in [2.24, 2.45) is 0 Å². The molecule has 0 saturated heterocycles. The first-order valence-electron chi connectivity index (χ1n) is 9.24. The Balaban J connectivity index is 2.43. The number of carbonyl (C=O) groups excluding carboxylic acids is 1. The summed E-state index contributed by atoms with van der Waals surface area (Å²) < 4.78 is 16.3. The van der Waals surface area contributed by atoms with Gasteiger partial charge < -0.3 is 25.5 Å². The van der Waals surface area contributed by atoms with Gasteiger partial charge in [0.2, 0.25) is 6.41 Å². The number of anilines is 1. The first-order valence-corrected chi connectivity index (χ1v) is 12.5. The van der Waals surface area contributed by atoms with Crippen LogP contribution in [0.15, 0.2) is 45.5 Å². The molecule has 0 unspecified atom stereocenters. The summed E-state index contributed by atoms with van der Waals surface area (Å²) in [5.74, 6) is 0.738. The Morgan fingerprint density at radius 1 is 1.38 bits per heavy atom. The molecule has 0 bridgehead atoms. The average molecular weight is 547 g/mol. The van der Waals surface area contributed by atoms with E-state index in [4.69, 9.17) is 15.5 Å². The molecule has 0 spiro atoms. The zero-order chi connectivity index (χ0) is 23.9. The van der Waals surface area contributed by atoms with Crippen LogP contribution in [-0.4, -0.2) is 47.8 Å². The summed E-state index contributed by atoms with van der Waals surface area (Å²) in [7, 11) is -4.67. The molecule has 10 nitrogen and oxygen atoms in total. The number of aliphatic hydroxyl groups is 1. The number of aryl methyl sites for hydroxylation is 1. The lowest BCUT2D eigenvalue weighted by atomic mass is 10.2. The Morgan fingerprint density at radius 2 is 2.06 bits per heavy atom. The Morgan fingerprint density at radius 3 is 2.66 bits per heavy atom. The summed E-state index contributed by atoms with van der Waals surface area (Å²) in [5, 5.41) is 10.7. The van der Waals surface area contributed by atoms with Crippen LogP contribution in [0.25, 0.3) is 0 Å². The van der Waals surface area contributed by atoms with E-state index in [0.29, 0.717) is 49.8 Å². The van der Waals surface area contributed by atoms with E-state index in [-0.39, 0.29) is 30.4 Å². The standard InChI is InChI=1S/C19H24BrN4O6PS/c1-12(24(11-25)10-14-9-22-13(2)23-18(14)21)17(7-8-30-31(27,28)29)32-19(26)15-5-3-4-6-16(15)20/h3-6,9,11,26,32H,7-8,10H2,1-2H3,(H2,21,22,23)(H2,27,28,29)/b17-12-. The third kappa shape index (κ3) is 7.89. The van der Waals surface area contributed by atoms with Crippen molar-refractivity contribution in [2.75, 3.05) is 12.3 Å². The summed E-state index contributed by atoms with van der Waals surface area (Å²) >= 11 is 3.72. The molecule has 13 heteroatoms. The van der Waals surface area contributed by atoms with Crippen molar-refractivity contribution < 1.29 is 28.8 Å². The van der Waals surface area contributed by atoms with E-state index in [1.807, 2.05) is 0 Å². The molecule has 1 amide bonds. The number of aromatic nitrogens is 2. The minimum absolute atomic E-state index is 0.00737. The number of hydrogen-bond acceptors (Lipinski definition) is 6. The van der Waals surface area contributed by atoms with Crippen molar-refractivity contribution in [1.29, 1.82) is 0 Å². The third-order valence-corrected chi connectivity index (χ3v) is 6.77. The fourth-order valence-electron chi connectivity index (χ4n) is 2.63. The van der Waals surface area contributed by atoms with Crippen molar-refractivity contribution in [3.63, 3.8) is 0 Å². The second-order valence-corrected chi connectivity index (χ2v) is 9.86. The second kappa shape index (κ2) is 11.8. The largest absolute Gasteiger partial charge is 0.469 e. The van der Waals surface area contributed by atoms with E-state index >= 15 is 0 Å². The summed E-state index contributed by atoms with van der Waals surface area (Å²) in [6.07, 6.45) is 2.18. The number of amides is 1. The first-order chi connectivity index (χ1) is 15.0. The van der Waals surface area contributed by atoms with Crippen LogP contribution in [0, 0.1) is 6.92 Å². The summed E-state index contributed by atoms with van der Waals surface area (Å²) in [4.78, 5) is 39.9.